The number of carbonyl (C=O) groups is 2. The molecule has 3 aromatic carbocycles. The van der Waals surface area contributed by atoms with E-state index >= 15 is 0 Å². The molecule has 0 saturated heterocycles. The fourth-order valence-electron chi connectivity index (χ4n) is 2.68. The summed E-state index contributed by atoms with van der Waals surface area (Å²) in [5.41, 5.74) is 2.71. The van der Waals surface area contributed by atoms with Crippen LogP contribution in [0, 0.1) is 11.3 Å². The van der Waals surface area contributed by atoms with Crippen molar-refractivity contribution in [1.29, 1.82) is 5.26 Å². The average molecular weight is 449 g/mol. The minimum absolute atomic E-state index is 0.363. The third kappa shape index (κ3) is 6.64. The smallest absolute Gasteiger partial charge is 0.339 e. The van der Waals surface area contributed by atoms with E-state index in [0.717, 1.165) is 15.4 Å². The summed E-state index contributed by atoms with van der Waals surface area (Å²) in [6, 6.07) is 24.0. The number of hydrogen-bond acceptors (Lipinski definition) is 6. The topological polar surface area (TPSA) is 79.2 Å². The first-order valence-corrected chi connectivity index (χ1v) is 11.6. The van der Waals surface area contributed by atoms with Crippen molar-refractivity contribution in [1.82, 2.24) is 0 Å². The summed E-state index contributed by atoms with van der Waals surface area (Å²) in [5, 5.41) is 11.6. The summed E-state index contributed by atoms with van der Waals surface area (Å²) in [5.74, 6) is -0.300. The molecule has 7 heteroatoms. The molecule has 0 aromatic heterocycles. The van der Waals surface area contributed by atoms with Gasteiger partial charge in [-0.15, -0.1) is 23.5 Å². The number of benzene rings is 3. The Hall–Kier alpha value is -3.21. The number of carbonyl (C=O) groups excluding carboxylic acids is 2. The van der Waals surface area contributed by atoms with Gasteiger partial charge in [0.2, 0.25) is 0 Å². The SMILES string of the molecule is CSc1ccc(NC(=O)COC(=O)c2ccccc2SCc2ccc(C#N)cc2)cc1. The Labute approximate surface area is 189 Å². The van der Waals surface area contributed by atoms with Crippen molar-refractivity contribution in [3.63, 3.8) is 0 Å². The Morgan fingerprint density at radius 2 is 1.71 bits per heavy atom. The van der Waals surface area contributed by atoms with Gasteiger partial charge in [0.05, 0.1) is 17.2 Å². The van der Waals surface area contributed by atoms with Crippen molar-refractivity contribution in [3.05, 3.63) is 89.5 Å². The van der Waals surface area contributed by atoms with Gasteiger partial charge in [-0.1, -0.05) is 24.3 Å². The second-order valence-corrected chi connectivity index (χ2v) is 8.34. The first-order valence-electron chi connectivity index (χ1n) is 9.41. The molecule has 1 N–H and O–H groups in total. The largest absolute Gasteiger partial charge is 0.452 e. The second kappa shape index (κ2) is 11.3. The average Bonchev–Trinajstić information content (AvgIpc) is 2.82. The summed E-state index contributed by atoms with van der Waals surface area (Å²) >= 11 is 3.11. The van der Waals surface area contributed by atoms with Crippen molar-refractivity contribution in [2.75, 3.05) is 18.2 Å². The van der Waals surface area contributed by atoms with Crippen LogP contribution < -0.4 is 5.32 Å². The van der Waals surface area contributed by atoms with Crippen molar-refractivity contribution >= 4 is 41.1 Å². The van der Waals surface area contributed by atoms with Crippen LogP contribution in [0.15, 0.2) is 82.6 Å². The highest BCUT2D eigenvalue weighted by atomic mass is 32.2. The van der Waals surface area contributed by atoms with E-state index in [-0.39, 0.29) is 6.61 Å². The highest BCUT2D eigenvalue weighted by molar-refractivity contribution is 7.98. The van der Waals surface area contributed by atoms with Gasteiger partial charge in [-0.05, 0) is 60.4 Å². The van der Waals surface area contributed by atoms with Crippen molar-refractivity contribution in [3.8, 4) is 6.07 Å². The minimum atomic E-state index is -0.546. The summed E-state index contributed by atoms with van der Waals surface area (Å²) in [7, 11) is 0. The van der Waals surface area contributed by atoms with Crippen LogP contribution in [0.4, 0.5) is 5.69 Å². The lowest BCUT2D eigenvalue weighted by Crippen LogP contribution is -2.21. The van der Waals surface area contributed by atoms with E-state index in [9.17, 15) is 9.59 Å². The van der Waals surface area contributed by atoms with Gasteiger partial charge in [0.1, 0.15) is 0 Å². The molecule has 0 heterocycles. The van der Waals surface area contributed by atoms with Crippen LogP contribution in [0.3, 0.4) is 0 Å². The van der Waals surface area contributed by atoms with Gasteiger partial charge in [0.25, 0.3) is 5.91 Å². The molecule has 0 aliphatic heterocycles. The standard InChI is InChI=1S/C24H20N2O3S2/c1-30-20-12-10-19(11-13-20)26-23(27)15-29-24(28)21-4-2-3-5-22(21)31-16-18-8-6-17(14-25)7-9-18/h2-13H,15-16H2,1H3,(H,26,27). The maximum absolute atomic E-state index is 12.5. The van der Waals surface area contributed by atoms with Crippen molar-refractivity contribution in [2.45, 2.75) is 15.5 Å². The van der Waals surface area contributed by atoms with Gasteiger partial charge >= 0.3 is 5.97 Å². The van der Waals surface area contributed by atoms with Crippen LogP contribution in [0.1, 0.15) is 21.5 Å². The molecule has 31 heavy (non-hydrogen) atoms. The van der Waals surface area contributed by atoms with E-state index in [1.807, 2.05) is 42.7 Å². The van der Waals surface area contributed by atoms with Gasteiger partial charge in [-0.2, -0.15) is 5.26 Å². The van der Waals surface area contributed by atoms with Crippen molar-refractivity contribution in [2.24, 2.45) is 0 Å². The molecular weight excluding hydrogens is 428 g/mol. The fourth-order valence-corrected chi connectivity index (χ4v) is 4.08. The van der Waals surface area contributed by atoms with E-state index in [1.54, 1.807) is 48.2 Å². The highest BCUT2D eigenvalue weighted by Gasteiger charge is 2.15. The Balaban J connectivity index is 1.56. The molecule has 0 bridgehead atoms. The number of nitrogens with zero attached hydrogens (tertiary/aromatic N) is 1. The molecule has 0 saturated carbocycles. The highest BCUT2D eigenvalue weighted by Crippen LogP contribution is 2.27. The Kier molecular flexibility index (Phi) is 8.16. The van der Waals surface area contributed by atoms with Gasteiger partial charge in [-0.3, -0.25) is 4.79 Å². The fraction of sp³-hybridized carbons (Fsp3) is 0.125. The third-order valence-electron chi connectivity index (χ3n) is 4.29. The lowest BCUT2D eigenvalue weighted by molar-refractivity contribution is -0.119. The quantitative estimate of drug-likeness (QED) is 0.369. The number of esters is 1. The summed E-state index contributed by atoms with van der Waals surface area (Å²) in [4.78, 5) is 26.5. The lowest BCUT2D eigenvalue weighted by atomic mass is 10.2. The zero-order valence-corrected chi connectivity index (χ0v) is 18.5. The van der Waals surface area contributed by atoms with E-state index in [4.69, 9.17) is 10.00 Å². The van der Waals surface area contributed by atoms with E-state index in [1.165, 1.54) is 11.8 Å². The monoisotopic (exact) mass is 448 g/mol. The summed E-state index contributed by atoms with van der Waals surface area (Å²) in [6.07, 6.45) is 1.98. The minimum Gasteiger partial charge on any atom is -0.452 e. The maximum atomic E-state index is 12.5. The number of hydrogen-bond donors (Lipinski definition) is 1. The molecule has 0 unspecified atom stereocenters. The zero-order valence-electron chi connectivity index (χ0n) is 16.8. The van der Waals surface area contributed by atoms with Gasteiger partial charge in [0, 0.05) is 21.2 Å². The molecule has 156 valence electrons. The first-order chi connectivity index (χ1) is 15.1. The number of amides is 1. The molecule has 0 aliphatic carbocycles. The number of rotatable bonds is 8. The van der Waals surface area contributed by atoms with Crippen LogP contribution in [0.25, 0.3) is 0 Å². The zero-order chi connectivity index (χ0) is 22.1. The Morgan fingerprint density at radius 1 is 1.00 bits per heavy atom. The number of nitriles is 1. The van der Waals surface area contributed by atoms with Gasteiger partial charge < -0.3 is 10.1 Å². The normalized spacial score (nSPS) is 10.2. The molecule has 3 aromatic rings. The molecule has 0 atom stereocenters. The number of thioether (sulfide) groups is 2. The van der Waals surface area contributed by atoms with Gasteiger partial charge in [0.15, 0.2) is 6.61 Å². The first kappa shape index (κ1) is 22.5. The number of ether oxygens (including phenoxy) is 1. The second-order valence-electron chi connectivity index (χ2n) is 6.45. The maximum Gasteiger partial charge on any atom is 0.339 e. The molecule has 0 fully saturated rings. The summed E-state index contributed by atoms with van der Waals surface area (Å²) < 4.78 is 5.23. The summed E-state index contributed by atoms with van der Waals surface area (Å²) in [6.45, 7) is -0.363. The predicted octanol–water partition coefficient (Wildman–Crippen LogP) is 5.37. The molecule has 0 spiro atoms. The van der Waals surface area contributed by atoms with Crippen LogP contribution in [-0.2, 0) is 15.3 Å². The Bertz CT molecular complexity index is 1090. The molecule has 0 aliphatic rings. The van der Waals surface area contributed by atoms with Crippen LogP contribution in [0.5, 0.6) is 0 Å². The van der Waals surface area contributed by atoms with E-state index in [0.29, 0.717) is 22.6 Å². The molecule has 3 rings (SSSR count). The van der Waals surface area contributed by atoms with Crippen LogP contribution in [0.2, 0.25) is 0 Å². The van der Waals surface area contributed by atoms with E-state index in [2.05, 4.69) is 11.4 Å². The molecule has 5 nitrogen and oxygen atoms in total. The van der Waals surface area contributed by atoms with Crippen molar-refractivity contribution < 1.29 is 14.3 Å². The number of nitrogens with one attached hydrogen (secondary N) is 1. The molecular formula is C24H20N2O3S2. The molecule has 0 radical (unpaired) electrons. The third-order valence-corrected chi connectivity index (χ3v) is 6.18. The van der Waals surface area contributed by atoms with Crippen LogP contribution >= 0.6 is 23.5 Å². The lowest BCUT2D eigenvalue weighted by Gasteiger charge is -2.10. The van der Waals surface area contributed by atoms with E-state index < -0.39 is 11.9 Å². The predicted molar refractivity (Wildman–Crippen MR) is 124 cm³/mol. The number of anilines is 1. The molecule has 1 amide bonds. The Morgan fingerprint density at radius 3 is 2.39 bits per heavy atom. The van der Waals surface area contributed by atoms with Crippen LogP contribution in [-0.4, -0.2) is 24.7 Å². The van der Waals surface area contributed by atoms with Gasteiger partial charge in [-0.25, -0.2) is 4.79 Å².